The summed E-state index contributed by atoms with van der Waals surface area (Å²) in [5.74, 6) is 2.08. The van der Waals surface area contributed by atoms with Gasteiger partial charge >= 0.3 is 0 Å². The Balaban J connectivity index is 1.52. The van der Waals surface area contributed by atoms with Crippen molar-refractivity contribution in [3.05, 3.63) is 35.5 Å². The molecule has 2 heterocycles. The molecule has 2 aromatic heterocycles. The average Bonchev–Trinajstić information content (AvgIpc) is 3.09. The third-order valence-electron chi connectivity index (χ3n) is 6.90. The summed E-state index contributed by atoms with van der Waals surface area (Å²) in [5, 5.41) is 7.70. The second-order valence-corrected chi connectivity index (χ2v) is 9.73. The third kappa shape index (κ3) is 4.21. The molecule has 164 valence electrons. The molecule has 0 amide bonds. The first kappa shape index (κ1) is 20.5. The summed E-state index contributed by atoms with van der Waals surface area (Å²) in [6.07, 6.45) is 9.79. The Bertz CT molecular complexity index is 1070. The van der Waals surface area contributed by atoms with E-state index in [1.807, 2.05) is 30.5 Å². The molecular weight excluding hydrogens is 410 g/mol. The van der Waals surface area contributed by atoms with Gasteiger partial charge in [-0.15, -0.1) is 0 Å². The minimum Gasteiger partial charge on any atom is -0.349 e. The Kier molecular flexibility index (Phi) is 5.48. The van der Waals surface area contributed by atoms with Gasteiger partial charge in [-0.05, 0) is 82.5 Å². The van der Waals surface area contributed by atoms with E-state index in [0.717, 1.165) is 67.9 Å². The van der Waals surface area contributed by atoms with Gasteiger partial charge in [-0.2, -0.15) is 4.98 Å². The fourth-order valence-electron chi connectivity index (χ4n) is 4.82. The van der Waals surface area contributed by atoms with Crippen molar-refractivity contribution < 1.29 is 0 Å². The van der Waals surface area contributed by atoms with Gasteiger partial charge in [-0.1, -0.05) is 17.7 Å². The fraction of sp³-hybridized carbons (Fsp3) is 0.522. The van der Waals surface area contributed by atoms with Gasteiger partial charge in [-0.25, -0.2) is 9.97 Å². The van der Waals surface area contributed by atoms with Crippen LogP contribution in [0.3, 0.4) is 0 Å². The van der Waals surface area contributed by atoms with Gasteiger partial charge in [0.2, 0.25) is 11.9 Å². The molecule has 31 heavy (non-hydrogen) atoms. The Morgan fingerprint density at radius 2 is 2.00 bits per heavy atom. The lowest BCUT2D eigenvalue weighted by molar-refractivity contribution is 0.284. The largest absolute Gasteiger partial charge is 0.349 e. The molecule has 0 unspecified atom stereocenters. The number of hydrogen-bond acceptors (Lipinski definition) is 6. The zero-order chi connectivity index (χ0) is 21.4. The van der Waals surface area contributed by atoms with E-state index >= 15 is 0 Å². The first-order valence-corrected chi connectivity index (χ1v) is 11.7. The van der Waals surface area contributed by atoms with E-state index in [4.69, 9.17) is 27.3 Å². The van der Waals surface area contributed by atoms with Crippen LogP contribution in [0.1, 0.15) is 57.9 Å². The number of nitrogens with one attached hydrogen (secondary N) is 2. The van der Waals surface area contributed by atoms with Crippen molar-refractivity contribution >= 4 is 40.3 Å². The van der Waals surface area contributed by atoms with Crippen molar-refractivity contribution in [2.75, 3.05) is 17.2 Å². The number of imidazole rings is 1. The van der Waals surface area contributed by atoms with Gasteiger partial charge in [0.05, 0.1) is 6.20 Å². The number of nitrogens with two attached hydrogens (primary N) is 1. The molecule has 2 fully saturated rings. The Hall–Kier alpha value is -2.38. The molecule has 0 spiro atoms. The minimum atomic E-state index is 0.0968. The van der Waals surface area contributed by atoms with Crippen molar-refractivity contribution in [3.8, 4) is 0 Å². The van der Waals surface area contributed by atoms with Crippen molar-refractivity contribution in [2.45, 2.75) is 63.5 Å². The average molecular weight is 440 g/mol. The molecule has 0 bridgehead atoms. The predicted molar refractivity (Wildman–Crippen MR) is 126 cm³/mol. The first-order chi connectivity index (χ1) is 15.0. The number of anilines is 3. The highest BCUT2D eigenvalue weighted by atomic mass is 35.5. The van der Waals surface area contributed by atoms with Crippen LogP contribution < -0.4 is 16.4 Å². The molecule has 2 saturated carbocycles. The number of rotatable bonds is 6. The molecule has 0 aliphatic heterocycles. The number of aromatic nitrogens is 4. The van der Waals surface area contributed by atoms with E-state index in [1.165, 1.54) is 6.42 Å². The summed E-state index contributed by atoms with van der Waals surface area (Å²) >= 11 is 6.20. The Morgan fingerprint density at radius 3 is 2.68 bits per heavy atom. The molecule has 0 saturated heterocycles. The second-order valence-electron chi connectivity index (χ2n) is 9.29. The van der Waals surface area contributed by atoms with Crippen molar-refractivity contribution in [2.24, 2.45) is 11.7 Å². The number of fused-ring (bicyclic) bond motifs is 1. The van der Waals surface area contributed by atoms with Crippen LogP contribution in [-0.4, -0.2) is 31.6 Å². The first-order valence-electron chi connectivity index (χ1n) is 11.3. The lowest BCUT2D eigenvalue weighted by Crippen LogP contribution is -2.42. The molecule has 2 aliphatic carbocycles. The summed E-state index contributed by atoms with van der Waals surface area (Å²) in [5.41, 5.74) is 8.61. The molecule has 7 nitrogen and oxygen atoms in total. The van der Waals surface area contributed by atoms with E-state index in [-0.39, 0.29) is 5.54 Å². The molecule has 8 heteroatoms. The van der Waals surface area contributed by atoms with Crippen molar-refractivity contribution in [3.63, 3.8) is 0 Å². The molecule has 5 rings (SSSR count). The lowest BCUT2D eigenvalue weighted by Gasteiger charge is -2.39. The van der Waals surface area contributed by atoms with E-state index < -0.39 is 0 Å². The van der Waals surface area contributed by atoms with Crippen LogP contribution in [0.4, 0.5) is 17.6 Å². The summed E-state index contributed by atoms with van der Waals surface area (Å²) in [4.78, 5) is 14.3. The Labute approximate surface area is 187 Å². The maximum Gasteiger partial charge on any atom is 0.225 e. The topological polar surface area (TPSA) is 93.7 Å². The summed E-state index contributed by atoms with van der Waals surface area (Å²) < 4.78 is 2.26. The number of nitrogens with zero attached hydrogens (tertiary/aromatic N) is 4. The summed E-state index contributed by atoms with van der Waals surface area (Å²) in [7, 11) is 0. The van der Waals surface area contributed by atoms with Crippen LogP contribution in [0.15, 0.2) is 30.5 Å². The van der Waals surface area contributed by atoms with E-state index in [9.17, 15) is 0 Å². The molecule has 0 radical (unpaired) electrons. The van der Waals surface area contributed by atoms with Gasteiger partial charge in [0.1, 0.15) is 5.52 Å². The van der Waals surface area contributed by atoms with Gasteiger partial charge in [0, 0.05) is 22.3 Å². The monoisotopic (exact) mass is 439 g/mol. The second kappa shape index (κ2) is 8.28. The zero-order valence-corrected chi connectivity index (χ0v) is 18.7. The normalized spacial score (nSPS) is 22.8. The summed E-state index contributed by atoms with van der Waals surface area (Å²) in [6, 6.07) is 8.04. The SMILES string of the molecule is CC1(Nc2ncc3nc(Nc4cccc(Cl)c4)n(C4CCC(CN)CC4)c3n2)CCC1. The lowest BCUT2D eigenvalue weighted by atomic mass is 9.79. The van der Waals surface area contributed by atoms with Crippen LogP contribution in [0.25, 0.3) is 11.2 Å². The standard InChI is InChI=1S/C23H30ClN7/c1-23(10-3-11-23)30-21-26-14-19-20(29-21)31(18-8-6-15(13-25)7-9-18)22(28-19)27-17-5-2-4-16(24)12-17/h2,4-5,12,14-15,18H,3,6-11,13,25H2,1H3,(H,27,28)(H,26,29,30). The van der Waals surface area contributed by atoms with Crippen LogP contribution in [0.5, 0.6) is 0 Å². The number of hydrogen-bond donors (Lipinski definition) is 3. The molecule has 4 N–H and O–H groups in total. The smallest absolute Gasteiger partial charge is 0.225 e. The van der Waals surface area contributed by atoms with Gasteiger partial charge in [0.25, 0.3) is 0 Å². The highest BCUT2D eigenvalue weighted by molar-refractivity contribution is 6.30. The highest BCUT2D eigenvalue weighted by Crippen LogP contribution is 2.38. The van der Waals surface area contributed by atoms with Crippen molar-refractivity contribution in [1.29, 1.82) is 0 Å². The molecule has 1 aromatic carbocycles. The van der Waals surface area contributed by atoms with Crippen LogP contribution in [-0.2, 0) is 0 Å². The van der Waals surface area contributed by atoms with Crippen LogP contribution in [0, 0.1) is 5.92 Å². The Morgan fingerprint density at radius 1 is 1.19 bits per heavy atom. The van der Waals surface area contributed by atoms with E-state index in [2.05, 4.69) is 27.1 Å². The third-order valence-corrected chi connectivity index (χ3v) is 7.13. The molecule has 3 aromatic rings. The van der Waals surface area contributed by atoms with Gasteiger partial charge < -0.3 is 16.4 Å². The number of halogens is 1. The molecule has 0 atom stereocenters. The van der Waals surface area contributed by atoms with Crippen molar-refractivity contribution in [1.82, 2.24) is 19.5 Å². The maximum atomic E-state index is 6.20. The van der Waals surface area contributed by atoms with Gasteiger partial charge in [0.15, 0.2) is 5.65 Å². The fourth-order valence-corrected chi connectivity index (χ4v) is 5.01. The molecule has 2 aliphatic rings. The molecular formula is C23H30ClN7. The minimum absolute atomic E-state index is 0.0968. The number of benzene rings is 1. The maximum absolute atomic E-state index is 6.20. The van der Waals surface area contributed by atoms with E-state index in [1.54, 1.807) is 0 Å². The zero-order valence-electron chi connectivity index (χ0n) is 17.9. The van der Waals surface area contributed by atoms with Crippen LogP contribution >= 0.6 is 11.6 Å². The predicted octanol–water partition coefficient (Wildman–Crippen LogP) is 5.27. The highest BCUT2D eigenvalue weighted by Gasteiger charge is 2.33. The van der Waals surface area contributed by atoms with Crippen LogP contribution in [0.2, 0.25) is 5.02 Å². The quantitative estimate of drug-likeness (QED) is 0.484. The van der Waals surface area contributed by atoms with Gasteiger partial charge in [-0.3, -0.25) is 4.57 Å². The van der Waals surface area contributed by atoms with E-state index in [0.29, 0.717) is 22.9 Å². The summed E-state index contributed by atoms with van der Waals surface area (Å²) in [6.45, 7) is 3.00.